The van der Waals surface area contributed by atoms with E-state index in [0.717, 1.165) is 24.2 Å². The van der Waals surface area contributed by atoms with Crippen LogP contribution in [-0.4, -0.2) is 30.4 Å². The Kier molecular flexibility index (Phi) is 4.78. The zero-order chi connectivity index (χ0) is 11.4. The van der Waals surface area contributed by atoms with E-state index in [9.17, 15) is 5.11 Å². The van der Waals surface area contributed by atoms with Crippen LogP contribution in [0.4, 0.5) is 0 Å². The number of phenols is 1. The van der Waals surface area contributed by atoms with Crippen molar-refractivity contribution in [1.29, 1.82) is 0 Å². The number of halogens is 1. The summed E-state index contributed by atoms with van der Waals surface area (Å²) in [6, 6.07) is 5.16. The topological polar surface area (TPSA) is 69.0 Å². The van der Waals surface area contributed by atoms with Gasteiger partial charge in [0, 0.05) is 6.54 Å². The fraction of sp³-hybridized carbons (Fsp3) is 0.273. The molecule has 0 saturated heterocycles. The van der Waals surface area contributed by atoms with Gasteiger partial charge in [-0.05, 0) is 36.2 Å². The third-order valence-electron chi connectivity index (χ3n) is 2.30. The van der Waals surface area contributed by atoms with Crippen LogP contribution in [0.2, 0.25) is 0 Å². The van der Waals surface area contributed by atoms with E-state index in [0.29, 0.717) is 5.96 Å². The van der Waals surface area contributed by atoms with Crippen molar-refractivity contribution in [3.8, 4) is 5.75 Å². The number of aryl methyl sites for hydroxylation is 1. The molecular weight excluding hydrogens is 240 g/mol. The van der Waals surface area contributed by atoms with Crippen LogP contribution in [0.3, 0.4) is 0 Å². The molecule has 2 rings (SSSR count). The van der Waals surface area contributed by atoms with E-state index in [1.165, 1.54) is 0 Å². The minimum Gasteiger partial charge on any atom is -0.508 e. The Morgan fingerprint density at radius 1 is 1.53 bits per heavy atom. The highest BCUT2D eigenvalue weighted by Gasteiger charge is 2.01. The second kappa shape index (κ2) is 6.10. The molecule has 0 unspecified atom stereocenters. The van der Waals surface area contributed by atoms with E-state index in [1.807, 2.05) is 13.0 Å². The van der Waals surface area contributed by atoms with E-state index in [-0.39, 0.29) is 18.2 Å². The smallest absolute Gasteiger partial charge is 0.212 e. The number of hydrogen-bond acceptors (Lipinski definition) is 5. The minimum atomic E-state index is 0. The molecule has 0 radical (unpaired) electrons. The number of aromatic hydroxyl groups is 1. The summed E-state index contributed by atoms with van der Waals surface area (Å²) < 4.78 is 0. The van der Waals surface area contributed by atoms with Gasteiger partial charge in [-0.1, -0.05) is 0 Å². The first-order valence-corrected chi connectivity index (χ1v) is 5.13. The number of guanidine groups is 1. The molecule has 6 heteroatoms. The van der Waals surface area contributed by atoms with Crippen molar-refractivity contribution in [2.24, 2.45) is 10.1 Å². The highest BCUT2D eigenvalue weighted by molar-refractivity contribution is 5.86. The summed E-state index contributed by atoms with van der Waals surface area (Å²) in [5, 5.41) is 16.4. The van der Waals surface area contributed by atoms with Gasteiger partial charge in [-0.3, -0.25) is 0 Å². The quantitative estimate of drug-likeness (QED) is 0.545. The number of nitrogens with zero attached hydrogens (tertiary/aromatic N) is 2. The molecule has 0 atom stereocenters. The number of benzene rings is 1. The second-order valence-corrected chi connectivity index (χ2v) is 3.57. The molecule has 0 fully saturated rings. The van der Waals surface area contributed by atoms with Gasteiger partial charge in [0.05, 0.1) is 12.8 Å². The summed E-state index contributed by atoms with van der Waals surface area (Å²) in [6.07, 6.45) is 1.71. The molecule has 1 aliphatic rings. The summed E-state index contributed by atoms with van der Waals surface area (Å²) in [5.41, 5.74) is 4.76. The normalized spacial score (nSPS) is 14.1. The van der Waals surface area contributed by atoms with Gasteiger partial charge in [0.15, 0.2) is 0 Å². The third kappa shape index (κ3) is 3.64. The molecule has 1 aromatic carbocycles. The molecule has 92 valence electrons. The Morgan fingerprint density at radius 3 is 3.00 bits per heavy atom. The average Bonchev–Trinajstić information content (AvgIpc) is 2.74. The van der Waals surface area contributed by atoms with Crippen LogP contribution in [0.1, 0.15) is 11.1 Å². The maximum absolute atomic E-state index is 9.25. The monoisotopic (exact) mass is 254 g/mol. The zero-order valence-electron chi connectivity index (χ0n) is 9.47. The molecule has 0 amide bonds. The first-order valence-electron chi connectivity index (χ1n) is 5.13. The van der Waals surface area contributed by atoms with Crippen molar-refractivity contribution in [3.63, 3.8) is 0 Å². The molecule has 1 aliphatic heterocycles. The number of rotatable bonds is 2. The number of phenolic OH excluding ortho intramolecular Hbond substituents is 1. The summed E-state index contributed by atoms with van der Waals surface area (Å²) >= 11 is 0. The lowest BCUT2D eigenvalue weighted by molar-refractivity contribution is 0.475. The first-order chi connectivity index (χ1) is 7.75. The standard InChI is InChI=1S/C11H14N4O.ClH/c1-8-6-10(16)3-2-9(8)7-14-15-11-12-4-5-13-11;/h2-3,6-7,16H,4-5H2,1H3,(H2,12,13,15);1H. The molecule has 0 bridgehead atoms. The molecule has 5 nitrogen and oxygen atoms in total. The zero-order valence-corrected chi connectivity index (χ0v) is 10.3. The summed E-state index contributed by atoms with van der Waals surface area (Å²) in [5.74, 6) is 0.970. The largest absolute Gasteiger partial charge is 0.508 e. The van der Waals surface area contributed by atoms with Gasteiger partial charge in [0.2, 0.25) is 5.96 Å². The maximum Gasteiger partial charge on any atom is 0.212 e. The average molecular weight is 255 g/mol. The maximum atomic E-state index is 9.25. The lowest BCUT2D eigenvalue weighted by atomic mass is 10.1. The van der Waals surface area contributed by atoms with Gasteiger partial charge < -0.3 is 10.4 Å². The fourth-order valence-corrected chi connectivity index (χ4v) is 1.44. The van der Waals surface area contributed by atoms with Gasteiger partial charge >= 0.3 is 0 Å². The Hall–Kier alpha value is -1.75. The summed E-state index contributed by atoms with van der Waals surface area (Å²) in [4.78, 5) is 4.14. The highest BCUT2D eigenvalue weighted by atomic mass is 35.5. The fourth-order valence-electron chi connectivity index (χ4n) is 1.44. The van der Waals surface area contributed by atoms with E-state index in [1.54, 1.807) is 18.3 Å². The molecule has 0 aromatic heterocycles. The molecule has 1 aromatic rings. The van der Waals surface area contributed by atoms with Crippen molar-refractivity contribution in [1.82, 2.24) is 10.7 Å². The van der Waals surface area contributed by atoms with Crippen LogP contribution in [0, 0.1) is 6.92 Å². The van der Waals surface area contributed by atoms with Crippen LogP contribution in [-0.2, 0) is 0 Å². The van der Waals surface area contributed by atoms with Gasteiger partial charge in [-0.25, -0.2) is 10.4 Å². The lowest BCUT2D eigenvalue weighted by Crippen LogP contribution is -2.30. The molecular formula is C11H15ClN4O. The van der Waals surface area contributed by atoms with Crippen LogP contribution >= 0.6 is 12.4 Å². The molecule has 0 saturated carbocycles. The Morgan fingerprint density at radius 2 is 2.35 bits per heavy atom. The Balaban J connectivity index is 0.00000144. The van der Waals surface area contributed by atoms with Gasteiger partial charge in [-0.2, -0.15) is 5.10 Å². The lowest BCUT2D eigenvalue weighted by Gasteiger charge is -2.01. The number of nitrogens with one attached hydrogen (secondary N) is 2. The molecule has 0 spiro atoms. The molecule has 1 heterocycles. The third-order valence-corrected chi connectivity index (χ3v) is 2.30. The molecule has 3 N–H and O–H groups in total. The van der Waals surface area contributed by atoms with Gasteiger partial charge in [0.25, 0.3) is 0 Å². The van der Waals surface area contributed by atoms with Crippen LogP contribution in [0.25, 0.3) is 0 Å². The van der Waals surface area contributed by atoms with Crippen LogP contribution < -0.4 is 10.7 Å². The van der Waals surface area contributed by atoms with Crippen molar-refractivity contribution in [2.45, 2.75) is 6.92 Å². The molecule has 0 aliphatic carbocycles. The Bertz CT molecular complexity index is 445. The summed E-state index contributed by atoms with van der Waals surface area (Å²) in [7, 11) is 0. The number of hydrogen-bond donors (Lipinski definition) is 3. The summed E-state index contributed by atoms with van der Waals surface area (Å²) in [6.45, 7) is 3.57. The minimum absolute atomic E-state index is 0. The first kappa shape index (κ1) is 13.3. The van der Waals surface area contributed by atoms with Crippen LogP contribution in [0.5, 0.6) is 5.75 Å². The van der Waals surface area contributed by atoms with E-state index >= 15 is 0 Å². The van der Waals surface area contributed by atoms with Crippen molar-refractivity contribution in [2.75, 3.05) is 13.1 Å². The number of hydrazone groups is 1. The van der Waals surface area contributed by atoms with Gasteiger partial charge in [-0.15, -0.1) is 12.4 Å². The van der Waals surface area contributed by atoms with Crippen molar-refractivity contribution < 1.29 is 5.11 Å². The van der Waals surface area contributed by atoms with Crippen molar-refractivity contribution >= 4 is 24.6 Å². The van der Waals surface area contributed by atoms with Crippen LogP contribution in [0.15, 0.2) is 28.3 Å². The predicted molar refractivity (Wildman–Crippen MR) is 71.1 cm³/mol. The van der Waals surface area contributed by atoms with Crippen molar-refractivity contribution in [3.05, 3.63) is 29.3 Å². The second-order valence-electron chi connectivity index (χ2n) is 3.57. The highest BCUT2D eigenvalue weighted by Crippen LogP contribution is 2.13. The predicted octanol–water partition coefficient (Wildman–Crippen LogP) is 1.01. The SMILES string of the molecule is Cc1cc(O)ccc1C=NNC1=NCCN1.Cl. The van der Waals surface area contributed by atoms with E-state index < -0.39 is 0 Å². The number of aliphatic imine (C=N–C) groups is 1. The Labute approximate surface area is 106 Å². The van der Waals surface area contributed by atoms with E-state index in [2.05, 4.69) is 20.8 Å². The van der Waals surface area contributed by atoms with Gasteiger partial charge in [0.1, 0.15) is 5.75 Å². The van der Waals surface area contributed by atoms with E-state index in [4.69, 9.17) is 0 Å². The molecule has 17 heavy (non-hydrogen) atoms.